The van der Waals surface area contributed by atoms with Crippen molar-refractivity contribution in [3.05, 3.63) is 16.1 Å². The molecule has 0 aliphatic carbocycles. The molecule has 1 atom stereocenters. The maximum Gasteiger partial charge on any atom is 0.113 e. The van der Waals surface area contributed by atoms with Gasteiger partial charge in [0.1, 0.15) is 5.01 Å². The zero-order chi connectivity index (χ0) is 14.8. The molecule has 0 aromatic carbocycles. The quantitative estimate of drug-likeness (QED) is 0.920. The van der Waals surface area contributed by atoms with Crippen LogP contribution in [0.25, 0.3) is 0 Å². The molecule has 1 aromatic rings. The molecule has 1 saturated heterocycles. The maximum absolute atomic E-state index is 4.96. The van der Waals surface area contributed by atoms with Crippen molar-refractivity contribution in [2.24, 2.45) is 0 Å². The van der Waals surface area contributed by atoms with E-state index in [0.717, 1.165) is 13.0 Å². The third kappa shape index (κ3) is 3.60. The average molecular weight is 295 g/mol. The van der Waals surface area contributed by atoms with Gasteiger partial charge >= 0.3 is 0 Å². The predicted octanol–water partition coefficient (Wildman–Crippen LogP) is 3.58. The Balaban J connectivity index is 2.29. The number of nitrogens with one attached hydrogen (secondary N) is 1. The fourth-order valence-corrected chi connectivity index (χ4v) is 4.22. The highest BCUT2D eigenvalue weighted by atomic mass is 32.1. The van der Waals surface area contributed by atoms with Crippen molar-refractivity contribution in [2.45, 2.75) is 64.5 Å². The molecule has 2 rings (SSSR count). The van der Waals surface area contributed by atoms with Crippen molar-refractivity contribution < 1.29 is 0 Å². The first-order chi connectivity index (χ1) is 9.43. The summed E-state index contributed by atoms with van der Waals surface area (Å²) in [5.74, 6) is 0.518. The second kappa shape index (κ2) is 6.54. The first-order valence-corrected chi connectivity index (χ1v) is 8.73. The van der Waals surface area contributed by atoms with Crippen molar-refractivity contribution >= 4 is 11.3 Å². The molecule has 1 aliphatic rings. The zero-order valence-corrected chi connectivity index (χ0v) is 14.4. The summed E-state index contributed by atoms with van der Waals surface area (Å²) >= 11 is 1.84. The van der Waals surface area contributed by atoms with E-state index < -0.39 is 0 Å². The molecule has 0 amide bonds. The summed E-state index contributed by atoms with van der Waals surface area (Å²) in [5.41, 5.74) is 1.32. The van der Waals surface area contributed by atoms with Crippen molar-refractivity contribution in [3.8, 4) is 0 Å². The smallest absolute Gasteiger partial charge is 0.113 e. The fraction of sp³-hybridized carbons (Fsp3) is 0.812. The van der Waals surface area contributed by atoms with E-state index in [1.54, 1.807) is 0 Å². The molecule has 0 spiro atoms. The summed E-state index contributed by atoms with van der Waals surface area (Å²) in [5, 5.41) is 7.39. The van der Waals surface area contributed by atoms with Crippen LogP contribution in [-0.4, -0.2) is 36.1 Å². The van der Waals surface area contributed by atoms with Gasteiger partial charge < -0.3 is 10.2 Å². The minimum Gasteiger partial charge on any atom is -0.306 e. The Kier molecular flexibility index (Phi) is 5.21. The van der Waals surface area contributed by atoms with Crippen molar-refractivity contribution in [3.63, 3.8) is 0 Å². The van der Waals surface area contributed by atoms with E-state index in [1.165, 1.54) is 30.1 Å². The van der Waals surface area contributed by atoms with Gasteiger partial charge in [-0.25, -0.2) is 4.98 Å². The number of thiazole rings is 1. The molecular formula is C16H29N3S. The van der Waals surface area contributed by atoms with Gasteiger partial charge in [0.2, 0.25) is 0 Å². The molecule has 1 unspecified atom stereocenters. The lowest BCUT2D eigenvalue weighted by Gasteiger charge is -2.34. The van der Waals surface area contributed by atoms with E-state index >= 15 is 0 Å². The third-order valence-corrected chi connectivity index (χ3v) is 5.22. The minimum atomic E-state index is 0.0801. The van der Waals surface area contributed by atoms with Crippen molar-refractivity contribution in [1.82, 2.24) is 15.2 Å². The Morgan fingerprint density at radius 3 is 2.60 bits per heavy atom. The molecule has 20 heavy (non-hydrogen) atoms. The van der Waals surface area contributed by atoms with Crippen LogP contribution in [0.1, 0.15) is 63.6 Å². The second-order valence-corrected chi connectivity index (χ2v) is 7.63. The third-order valence-electron chi connectivity index (χ3n) is 4.15. The molecule has 1 aromatic heterocycles. The van der Waals surface area contributed by atoms with E-state index in [9.17, 15) is 0 Å². The number of likely N-dealkylation sites (tertiary alicyclic amines) is 1. The Morgan fingerprint density at radius 2 is 2.00 bits per heavy atom. The summed E-state index contributed by atoms with van der Waals surface area (Å²) < 4.78 is 0. The second-order valence-electron chi connectivity index (χ2n) is 6.77. The number of hydrogen-bond acceptors (Lipinski definition) is 4. The first kappa shape index (κ1) is 15.9. The maximum atomic E-state index is 4.96. The molecule has 0 radical (unpaired) electrons. The van der Waals surface area contributed by atoms with E-state index in [4.69, 9.17) is 4.98 Å². The van der Waals surface area contributed by atoms with E-state index in [-0.39, 0.29) is 5.54 Å². The van der Waals surface area contributed by atoms with Crippen LogP contribution in [0.3, 0.4) is 0 Å². The normalized spacial score (nSPS) is 25.4. The summed E-state index contributed by atoms with van der Waals surface area (Å²) in [4.78, 5) is 7.41. The SMILES string of the molecule is CC(C)NC1(c2nc(C(C)C)cs2)CCCN(C)CC1. The van der Waals surface area contributed by atoms with Crippen molar-refractivity contribution in [1.29, 1.82) is 0 Å². The highest BCUT2D eigenvalue weighted by molar-refractivity contribution is 7.09. The lowest BCUT2D eigenvalue weighted by molar-refractivity contribution is 0.259. The van der Waals surface area contributed by atoms with Gasteiger partial charge in [0.15, 0.2) is 0 Å². The van der Waals surface area contributed by atoms with Crippen LogP contribution < -0.4 is 5.32 Å². The summed E-state index contributed by atoms with van der Waals surface area (Å²) in [6.45, 7) is 11.3. The molecule has 2 heterocycles. The molecule has 1 aliphatic heterocycles. The number of nitrogens with zero attached hydrogens (tertiary/aromatic N) is 2. The highest BCUT2D eigenvalue weighted by Crippen LogP contribution is 2.36. The summed E-state index contributed by atoms with van der Waals surface area (Å²) in [6.07, 6.45) is 3.60. The Labute approximate surface area is 127 Å². The van der Waals surface area contributed by atoms with Crippen LogP contribution >= 0.6 is 11.3 Å². The molecule has 1 fully saturated rings. The van der Waals surface area contributed by atoms with Gasteiger partial charge in [0, 0.05) is 18.0 Å². The Bertz CT molecular complexity index is 427. The summed E-state index contributed by atoms with van der Waals surface area (Å²) in [7, 11) is 2.23. The van der Waals surface area contributed by atoms with Crippen LogP contribution in [0.2, 0.25) is 0 Å². The largest absolute Gasteiger partial charge is 0.306 e. The van der Waals surface area contributed by atoms with E-state index in [1.807, 2.05) is 11.3 Å². The summed E-state index contributed by atoms with van der Waals surface area (Å²) in [6, 6.07) is 0.491. The van der Waals surface area contributed by atoms with Crippen LogP contribution in [0.4, 0.5) is 0 Å². The topological polar surface area (TPSA) is 28.2 Å². The van der Waals surface area contributed by atoms with Gasteiger partial charge in [-0.1, -0.05) is 13.8 Å². The molecule has 1 N–H and O–H groups in total. The first-order valence-electron chi connectivity index (χ1n) is 7.85. The number of hydrogen-bond donors (Lipinski definition) is 1. The zero-order valence-electron chi connectivity index (χ0n) is 13.6. The standard InChI is InChI=1S/C16H29N3S/c1-12(2)14-11-20-15(17-14)16(18-13(3)4)7-6-9-19(5)10-8-16/h11-13,18H,6-10H2,1-5H3. The fourth-order valence-electron chi connectivity index (χ4n) is 3.01. The van der Waals surface area contributed by atoms with Gasteiger partial charge in [0.05, 0.1) is 11.2 Å². The van der Waals surface area contributed by atoms with Gasteiger partial charge in [-0.05, 0) is 52.6 Å². The van der Waals surface area contributed by atoms with Crippen LogP contribution in [0.15, 0.2) is 5.38 Å². The van der Waals surface area contributed by atoms with Gasteiger partial charge in [-0.2, -0.15) is 0 Å². The molecule has 4 heteroatoms. The lowest BCUT2D eigenvalue weighted by atomic mass is 9.90. The highest BCUT2D eigenvalue weighted by Gasteiger charge is 2.36. The van der Waals surface area contributed by atoms with Crippen LogP contribution in [-0.2, 0) is 5.54 Å². The molecular weight excluding hydrogens is 266 g/mol. The predicted molar refractivity (Wildman–Crippen MR) is 87.5 cm³/mol. The lowest BCUT2D eigenvalue weighted by Crippen LogP contribution is -2.46. The number of aromatic nitrogens is 1. The number of rotatable bonds is 4. The van der Waals surface area contributed by atoms with E-state index in [0.29, 0.717) is 12.0 Å². The van der Waals surface area contributed by atoms with Crippen molar-refractivity contribution in [2.75, 3.05) is 20.1 Å². The van der Waals surface area contributed by atoms with Crippen LogP contribution in [0, 0.1) is 0 Å². The minimum absolute atomic E-state index is 0.0801. The monoisotopic (exact) mass is 295 g/mol. The van der Waals surface area contributed by atoms with E-state index in [2.05, 4.69) is 50.3 Å². The van der Waals surface area contributed by atoms with Gasteiger partial charge in [-0.15, -0.1) is 11.3 Å². The van der Waals surface area contributed by atoms with Crippen LogP contribution in [0.5, 0.6) is 0 Å². The molecule has 114 valence electrons. The van der Waals surface area contributed by atoms with Gasteiger partial charge in [-0.3, -0.25) is 0 Å². The molecule has 3 nitrogen and oxygen atoms in total. The van der Waals surface area contributed by atoms with Gasteiger partial charge in [0.25, 0.3) is 0 Å². The Morgan fingerprint density at radius 1 is 1.25 bits per heavy atom. The molecule has 0 bridgehead atoms. The molecule has 0 saturated carbocycles. The Hall–Kier alpha value is -0.450. The average Bonchev–Trinajstić information content (AvgIpc) is 2.78.